The topological polar surface area (TPSA) is 154 Å². The second-order valence-corrected chi connectivity index (χ2v) is 9.53. The number of unbranched alkanes of at least 4 members (excludes halogenated alkanes) is 4. The molecule has 0 unspecified atom stereocenters. The van der Waals surface area contributed by atoms with Crippen molar-refractivity contribution in [3.05, 3.63) is 58.7 Å². The summed E-state index contributed by atoms with van der Waals surface area (Å²) in [6, 6.07) is 9.52. The number of carbonyl (C=O) groups excluding carboxylic acids is 4. The third-order valence-electron chi connectivity index (χ3n) is 6.94. The Labute approximate surface area is 224 Å². The third-order valence-corrected chi connectivity index (χ3v) is 6.94. The van der Waals surface area contributed by atoms with E-state index < -0.39 is 0 Å². The zero-order valence-electron chi connectivity index (χ0n) is 21.3. The molecule has 2 aliphatic heterocycles. The molecule has 3 heterocycles. The molecule has 202 valence electrons. The van der Waals surface area contributed by atoms with E-state index in [0.717, 1.165) is 0 Å². The number of nitrogens with zero attached hydrogens (tertiary/aromatic N) is 4. The van der Waals surface area contributed by atoms with Crippen LogP contribution in [-0.2, 0) is 0 Å². The van der Waals surface area contributed by atoms with E-state index in [1.54, 1.807) is 36.4 Å². The van der Waals surface area contributed by atoms with E-state index >= 15 is 0 Å². The van der Waals surface area contributed by atoms with E-state index in [0.29, 0.717) is 60.8 Å². The van der Waals surface area contributed by atoms with E-state index in [2.05, 4.69) is 10.2 Å². The van der Waals surface area contributed by atoms with Gasteiger partial charge in [-0.05, 0) is 74.9 Å². The van der Waals surface area contributed by atoms with Gasteiger partial charge in [-0.3, -0.25) is 29.0 Å². The van der Waals surface area contributed by atoms with Gasteiger partial charge in [0.05, 0.1) is 22.3 Å². The molecule has 1 aromatic heterocycles. The predicted octanol–water partition coefficient (Wildman–Crippen LogP) is 2.92. The molecule has 11 nitrogen and oxygen atoms in total. The predicted molar refractivity (Wildman–Crippen MR) is 138 cm³/mol. The standard InChI is InChI=1S/C28H28N4O7/c33-13-5-1-3-11-31-25(35)19-9-7-17(15-21(19)27(31)37)23-29-30-24(39-23)18-8-10-20-22(16-18)28(38)32(26(20)36)12-4-2-6-14-34/h7-10,15-16,33-34H,1-6,11-14H2. The Morgan fingerprint density at radius 3 is 1.38 bits per heavy atom. The lowest BCUT2D eigenvalue weighted by atomic mass is 10.1. The van der Waals surface area contributed by atoms with Gasteiger partial charge in [0.1, 0.15) is 0 Å². The first-order valence-corrected chi connectivity index (χ1v) is 13.0. The fraction of sp³-hybridized carbons (Fsp3) is 0.357. The Balaban J connectivity index is 1.32. The van der Waals surface area contributed by atoms with Crippen LogP contribution in [0.4, 0.5) is 0 Å². The number of benzene rings is 2. The molecule has 39 heavy (non-hydrogen) atoms. The molecule has 0 radical (unpaired) electrons. The van der Waals surface area contributed by atoms with Gasteiger partial charge in [-0.2, -0.15) is 0 Å². The summed E-state index contributed by atoms with van der Waals surface area (Å²) in [5.74, 6) is -1.19. The summed E-state index contributed by atoms with van der Waals surface area (Å²) in [7, 11) is 0. The van der Waals surface area contributed by atoms with Gasteiger partial charge in [-0.1, -0.05) is 0 Å². The summed E-state index contributed by atoms with van der Waals surface area (Å²) in [6.07, 6.45) is 3.89. The van der Waals surface area contributed by atoms with E-state index in [1.807, 2.05) is 0 Å². The number of carbonyl (C=O) groups is 4. The molecule has 0 saturated heterocycles. The van der Waals surface area contributed by atoms with Gasteiger partial charge < -0.3 is 14.6 Å². The molecule has 0 spiro atoms. The van der Waals surface area contributed by atoms with Crippen molar-refractivity contribution in [1.29, 1.82) is 0 Å². The van der Waals surface area contributed by atoms with Gasteiger partial charge in [0.2, 0.25) is 11.8 Å². The molecule has 5 rings (SSSR count). The minimum absolute atomic E-state index is 0.0715. The van der Waals surface area contributed by atoms with Gasteiger partial charge >= 0.3 is 0 Å². The Bertz CT molecular complexity index is 1340. The number of aliphatic hydroxyl groups excluding tert-OH is 2. The molecule has 3 aromatic rings. The molecule has 4 amide bonds. The lowest BCUT2D eigenvalue weighted by molar-refractivity contribution is 0.0635. The lowest BCUT2D eigenvalue weighted by Crippen LogP contribution is -2.30. The van der Waals surface area contributed by atoms with Crippen molar-refractivity contribution in [2.45, 2.75) is 38.5 Å². The summed E-state index contributed by atoms with van der Waals surface area (Å²) >= 11 is 0. The highest BCUT2D eigenvalue weighted by Gasteiger charge is 2.37. The zero-order valence-corrected chi connectivity index (χ0v) is 21.3. The van der Waals surface area contributed by atoms with Crippen LogP contribution in [0.1, 0.15) is 80.0 Å². The fourth-order valence-electron chi connectivity index (χ4n) is 4.83. The van der Waals surface area contributed by atoms with Crippen molar-refractivity contribution in [3.8, 4) is 22.9 Å². The normalized spacial score (nSPS) is 14.5. The highest BCUT2D eigenvalue weighted by atomic mass is 16.4. The summed E-state index contributed by atoms with van der Waals surface area (Å²) in [5.41, 5.74) is 2.09. The van der Waals surface area contributed by atoms with Crippen LogP contribution in [0.5, 0.6) is 0 Å². The highest BCUT2D eigenvalue weighted by Crippen LogP contribution is 2.32. The molecule has 0 bridgehead atoms. The highest BCUT2D eigenvalue weighted by molar-refractivity contribution is 6.22. The summed E-state index contributed by atoms with van der Waals surface area (Å²) in [6.45, 7) is 0.711. The Morgan fingerprint density at radius 2 is 0.974 bits per heavy atom. The van der Waals surface area contributed by atoms with Crippen molar-refractivity contribution in [1.82, 2.24) is 20.0 Å². The average Bonchev–Trinajstić information content (AvgIpc) is 3.60. The van der Waals surface area contributed by atoms with Gasteiger partial charge in [-0.15, -0.1) is 10.2 Å². The van der Waals surface area contributed by atoms with E-state index in [4.69, 9.17) is 14.6 Å². The van der Waals surface area contributed by atoms with Crippen LogP contribution >= 0.6 is 0 Å². The molecule has 0 atom stereocenters. The maximum absolute atomic E-state index is 12.9. The smallest absolute Gasteiger partial charge is 0.261 e. The number of amides is 4. The van der Waals surface area contributed by atoms with Crippen molar-refractivity contribution in [2.75, 3.05) is 26.3 Å². The Morgan fingerprint density at radius 1 is 0.564 bits per heavy atom. The minimum Gasteiger partial charge on any atom is -0.416 e. The first-order valence-electron chi connectivity index (χ1n) is 13.0. The first kappa shape index (κ1) is 26.4. The number of hydrogen-bond donors (Lipinski definition) is 2. The quantitative estimate of drug-likeness (QED) is 0.265. The first-order chi connectivity index (χ1) is 18.9. The number of aliphatic hydroxyl groups is 2. The largest absolute Gasteiger partial charge is 0.416 e. The van der Waals surface area contributed by atoms with Gasteiger partial charge in [0.25, 0.3) is 23.6 Å². The molecule has 0 aliphatic carbocycles. The van der Waals surface area contributed by atoms with Crippen molar-refractivity contribution < 1.29 is 33.8 Å². The maximum Gasteiger partial charge on any atom is 0.261 e. The second-order valence-electron chi connectivity index (χ2n) is 9.53. The molecule has 11 heteroatoms. The lowest BCUT2D eigenvalue weighted by Gasteiger charge is -2.12. The average molecular weight is 533 g/mol. The van der Waals surface area contributed by atoms with Crippen LogP contribution < -0.4 is 0 Å². The number of rotatable bonds is 12. The monoisotopic (exact) mass is 532 g/mol. The number of aromatic nitrogens is 2. The molecular formula is C28H28N4O7. The summed E-state index contributed by atoms with van der Waals surface area (Å²) < 4.78 is 5.85. The molecule has 0 fully saturated rings. The van der Waals surface area contributed by atoms with Crippen LogP contribution in [0.25, 0.3) is 22.9 Å². The Kier molecular flexibility index (Phi) is 7.62. The van der Waals surface area contributed by atoms with Crippen LogP contribution in [0, 0.1) is 0 Å². The molecule has 2 aromatic carbocycles. The van der Waals surface area contributed by atoms with Gasteiger partial charge in [-0.25, -0.2) is 0 Å². The molecule has 2 N–H and O–H groups in total. The number of fused-ring (bicyclic) bond motifs is 2. The zero-order chi connectivity index (χ0) is 27.5. The van der Waals surface area contributed by atoms with E-state index in [1.165, 1.54) is 9.80 Å². The fourth-order valence-corrected chi connectivity index (χ4v) is 4.83. The molecule has 0 saturated carbocycles. The minimum atomic E-state index is -0.386. The van der Waals surface area contributed by atoms with Gasteiger partial charge in [0, 0.05) is 37.4 Å². The maximum atomic E-state index is 12.9. The van der Waals surface area contributed by atoms with Gasteiger partial charge in [0.15, 0.2) is 0 Å². The number of imide groups is 2. The Hall–Kier alpha value is -4.22. The van der Waals surface area contributed by atoms with Crippen LogP contribution in [0.15, 0.2) is 40.8 Å². The summed E-state index contributed by atoms with van der Waals surface area (Å²) in [5, 5.41) is 26.0. The molecule has 2 aliphatic rings. The van der Waals surface area contributed by atoms with Crippen LogP contribution in [-0.4, -0.2) is 80.1 Å². The van der Waals surface area contributed by atoms with Crippen LogP contribution in [0.3, 0.4) is 0 Å². The second kappa shape index (κ2) is 11.3. The van der Waals surface area contributed by atoms with Crippen molar-refractivity contribution in [3.63, 3.8) is 0 Å². The number of hydrogen-bond acceptors (Lipinski definition) is 9. The van der Waals surface area contributed by atoms with Crippen molar-refractivity contribution >= 4 is 23.6 Å². The van der Waals surface area contributed by atoms with E-state index in [-0.39, 0.29) is 72.8 Å². The SMILES string of the molecule is O=C1c2ccc(-c3nnc(-c4ccc5c(c4)C(=O)N(CCCCCO)C5=O)o3)cc2C(=O)N1CCCCCO. The third kappa shape index (κ3) is 4.98. The van der Waals surface area contributed by atoms with E-state index in [9.17, 15) is 19.2 Å². The summed E-state index contributed by atoms with van der Waals surface area (Å²) in [4.78, 5) is 53.6. The van der Waals surface area contributed by atoms with Crippen molar-refractivity contribution in [2.24, 2.45) is 0 Å². The molecular weight excluding hydrogens is 504 g/mol. The van der Waals surface area contributed by atoms with Crippen LogP contribution in [0.2, 0.25) is 0 Å².